The molecule has 0 radical (unpaired) electrons. The Morgan fingerprint density at radius 2 is 1.48 bits per heavy atom. The van der Waals surface area contributed by atoms with Crippen LogP contribution in [-0.2, 0) is 10.0 Å². The van der Waals surface area contributed by atoms with Gasteiger partial charge in [-0.1, -0.05) is 23.2 Å². The molecule has 1 heterocycles. The SMILES string of the molecule is O=C(c1ccc(NS(=O)(=O)c2ccc(Cl)cc2)cc1)c1cc2cc(Cl)ccc2oc1=O. The fourth-order valence-electron chi connectivity index (χ4n) is 2.93. The summed E-state index contributed by atoms with van der Waals surface area (Å²) < 4.78 is 32.6. The van der Waals surface area contributed by atoms with Crippen molar-refractivity contribution in [3.8, 4) is 0 Å². The van der Waals surface area contributed by atoms with Crippen molar-refractivity contribution in [3.63, 3.8) is 0 Å². The summed E-state index contributed by atoms with van der Waals surface area (Å²) in [4.78, 5) is 25.1. The Balaban J connectivity index is 1.60. The topological polar surface area (TPSA) is 93.4 Å². The van der Waals surface area contributed by atoms with Gasteiger partial charge in [-0.3, -0.25) is 9.52 Å². The summed E-state index contributed by atoms with van der Waals surface area (Å²) >= 11 is 11.8. The third-order valence-corrected chi connectivity index (χ3v) is 6.35. The lowest BCUT2D eigenvalue weighted by molar-refractivity contribution is 0.103. The number of carbonyl (C=O) groups is 1. The van der Waals surface area contributed by atoms with Crippen LogP contribution in [0.5, 0.6) is 0 Å². The monoisotopic (exact) mass is 473 g/mol. The zero-order valence-corrected chi connectivity index (χ0v) is 18.0. The molecule has 0 aliphatic rings. The fourth-order valence-corrected chi connectivity index (χ4v) is 4.29. The highest BCUT2D eigenvalue weighted by Crippen LogP contribution is 2.22. The normalized spacial score (nSPS) is 11.4. The highest BCUT2D eigenvalue weighted by Gasteiger charge is 2.18. The fraction of sp³-hybridized carbons (Fsp3) is 0. The van der Waals surface area contributed by atoms with Gasteiger partial charge in [0, 0.05) is 26.7 Å². The van der Waals surface area contributed by atoms with Crippen molar-refractivity contribution in [2.24, 2.45) is 0 Å². The lowest BCUT2D eigenvalue weighted by Gasteiger charge is -2.09. The third kappa shape index (κ3) is 4.49. The zero-order valence-electron chi connectivity index (χ0n) is 15.6. The second kappa shape index (κ2) is 8.19. The molecule has 4 rings (SSSR count). The van der Waals surface area contributed by atoms with Gasteiger partial charge in [-0.05, 0) is 72.8 Å². The molecule has 1 N–H and O–H groups in total. The molecule has 4 aromatic rings. The Labute approximate surface area is 187 Å². The molecule has 0 aliphatic heterocycles. The molecule has 9 heteroatoms. The highest BCUT2D eigenvalue weighted by molar-refractivity contribution is 7.92. The number of hydrogen-bond donors (Lipinski definition) is 1. The second-order valence-corrected chi connectivity index (χ2v) is 9.15. The largest absolute Gasteiger partial charge is 0.422 e. The third-order valence-electron chi connectivity index (χ3n) is 4.46. The molecule has 0 atom stereocenters. The van der Waals surface area contributed by atoms with Crippen LogP contribution in [0.2, 0.25) is 10.0 Å². The van der Waals surface area contributed by atoms with E-state index in [4.69, 9.17) is 27.6 Å². The number of nitrogens with one attached hydrogen (secondary N) is 1. The van der Waals surface area contributed by atoms with E-state index in [0.29, 0.717) is 21.0 Å². The molecule has 0 bridgehead atoms. The van der Waals surface area contributed by atoms with Crippen LogP contribution in [0.25, 0.3) is 11.0 Å². The molecule has 0 saturated carbocycles. The molecule has 31 heavy (non-hydrogen) atoms. The average Bonchev–Trinajstić information content (AvgIpc) is 2.73. The zero-order chi connectivity index (χ0) is 22.2. The van der Waals surface area contributed by atoms with Crippen molar-refractivity contribution in [3.05, 3.63) is 104 Å². The van der Waals surface area contributed by atoms with Crippen molar-refractivity contribution in [2.75, 3.05) is 4.72 Å². The number of carbonyl (C=O) groups excluding carboxylic acids is 1. The maximum atomic E-state index is 12.8. The summed E-state index contributed by atoms with van der Waals surface area (Å²) in [5.74, 6) is -0.553. The first-order chi connectivity index (χ1) is 14.7. The van der Waals surface area contributed by atoms with Gasteiger partial charge in [-0.25, -0.2) is 13.2 Å². The summed E-state index contributed by atoms with van der Waals surface area (Å²) in [6, 6.07) is 17.6. The van der Waals surface area contributed by atoms with E-state index in [9.17, 15) is 18.0 Å². The average molecular weight is 474 g/mol. The van der Waals surface area contributed by atoms with E-state index in [1.807, 2.05) is 0 Å². The first kappa shape index (κ1) is 21.1. The van der Waals surface area contributed by atoms with E-state index < -0.39 is 21.4 Å². The van der Waals surface area contributed by atoms with Crippen molar-refractivity contribution in [2.45, 2.75) is 4.90 Å². The molecular formula is C22H13Cl2NO5S. The predicted molar refractivity (Wildman–Crippen MR) is 120 cm³/mol. The molecule has 1 aromatic heterocycles. The molecule has 0 amide bonds. The molecule has 156 valence electrons. The van der Waals surface area contributed by atoms with Crippen molar-refractivity contribution in [1.29, 1.82) is 0 Å². The van der Waals surface area contributed by atoms with Gasteiger partial charge in [0.1, 0.15) is 11.1 Å². The van der Waals surface area contributed by atoms with Crippen LogP contribution < -0.4 is 10.3 Å². The van der Waals surface area contributed by atoms with E-state index in [-0.39, 0.29) is 21.7 Å². The summed E-state index contributed by atoms with van der Waals surface area (Å²) in [6.45, 7) is 0. The number of benzene rings is 3. The summed E-state index contributed by atoms with van der Waals surface area (Å²) in [7, 11) is -3.82. The van der Waals surface area contributed by atoms with Crippen LogP contribution >= 0.6 is 23.2 Å². The first-order valence-corrected chi connectivity index (χ1v) is 11.1. The Morgan fingerprint density at radius 1 is 0.839 bits per heavy atom. The van der Waals surface area contributed by atoms with Gasteiger partial charge >= 0.3 is 5.63 Å². The Kier molecular flexibility index (Phi) is 5.58. The van der Waals surface area contributed by atoms with Gasteiger partial charge < -0.3 is 4.42 Å². The number of fused-ring (bicyclic) bond motifs is 1. The Bertz CT molecular complexity index is 1460. The van der Waals surface area contributed by atoms with Gasteiger partial charge in [-0.15, -0.1) is 0 Å². The maximum Gasteiger partial charge on any atom is 0.347 e. The van der Waals surface area contributed by atoms with Crippen molar-refractivity contribution >= 4 is 55.7 Å². The van der Waals surface area contributed by atoms with Crippen molar-refractivity contribution in [1.82, 2.24) is 0 Å². The molecule has 0 spiro atoms. The van der Waals surface area contributed by atoms with Gasteiger partial charge in [0.15, 0.2) is 5.78 Å². The summed E-state index contributed by atoms with van der Waals surface area (Å²) in [5.41, 5.74) is -0.151. The minimum atomic E-state index is -3.82. The van der Waals surface area contributed by atoms with E-state index in [1.54, 1.807) is 18.2 Å². The minimum Gasteiger partial charge on any atom is -0.422 e. The van der Waals surface area contributed by atoms with Crippen LogP contribution in [0.4, 0.5) is 5.69 Å². The van der Waals surface area contributed by atoms with E-state index in [1.165, 1.54) is 54.6 Å². The Morgan fingerprint density at radius 3 is 2.16 bits per heavy atom. The molecule has 0 fully saturated rings. The van der Waals surface area contributed by atoms with Crippen LogP contribution in [0.15, 0.2) is 86.9 Å². The van der Waals surface area contributed by atoms with E-state index >= 15 is 0 Å². The van der Waals surface area contributed by atoms with Crippen LogP contribution in [0.1, 0.15) is 15.9 Å². The maximum absolute atomic E-state index is 12.8. The Hall–Kier alpha value is -3.13. The second-order valence-electron chi connectivity index (χ2n) is 6.60. The lowest BCUT2D eigenvalue weighted by Crippen LogP contribution is -2.15. The predicted octanol–water partition coefficient (Wildman–Crippen LogP) is 5.13. The quantitative estimate of drug-likeness (QED) is 0.320. The summed E-state index contributed by atoms with van der Waals surface area (Å²) in [6.07, 6.45) is 0. The molecule has 0 saturated heterocycles. The molecule has 0 aliphatic carbocycles. The molecule has 3 aromatic carbocycles. The number of hydrogen-bond acceptors (Lipinski definition) is 5. The van der Waals surface area contributed by atoms with Gasteiger partial charge in [0.2, 0.25) is 0 Å². The van der Waals surface area contributed by atoms with Gasteiger partial charge in [-0.2, -0.15) is 0 Å². The smallest absolute Gasteiger partial charge is 0.347 e. The van der Waals surface area contributed by atoms with Gasteiger partial charge in [0.05, 0.1) is 4.90 Å². The van der Waals surface area contributed by atoms with Crippen LogP contribution in [-0.4, -0.2) is 14.2 Å². The first-order valence-electron chi connectivity index (χ1n) is 8.89. The molecular weight excluding hydrogens is 461 g/mol. The number of ketones is 1. The van der Waals surface area contributed by atoms with E-state index in [2.05, 4.69) is 4.72 Å². The number of halogens is 2. The molecule has 0 unspecified atom stereocenters. The highest BCUT2D eigenvalue weighted by atomic mass is 35.5. The standard InChI is InChI=1S/C22H13Cl2NO5S/c23-15-3-8-18(9-4-15)31(28,29)25-17-6-1-13(2-7-17)21(26)19-12-14-11-16(24)5-10-20(14)30-22(19)27/h1-12,25H. The van der Waals surface area contributed by atoms with Crippen molar-refractivity contribution < 1.29 is 17.6 Å². The minimum absolute atomic E-state index is 0.0458. The number of anilines is 1. The molecule has 6 nitrogen and oxygen atoms in total. The lowest BCUT2D eigenvalue weighted by atomic mass is 10.0. The summed E-state index contributed by atoms with van der Waals surface area (Å²) in [5, 5.41) is 1.38. The van der Waals surface area contributed by atoms with Crippen LogP contribution in [0, 0.1) is 0 Å². The number of sulfonamides is 1. The van der Waals surface area contributed by atoms with Gasteiger partial charge in [0.25, 0.3) is 10.0 Å². The number of rotatable bonds is 5. The van der Waals surface area contributed by atoms with E-state index in [0.717, 1.165) is 0 Å². The van der Waals surface area contributed by atoms with Crippen LogP contribution in [0.3, 0.4) is 0 Å².